The highest BCUT2D eigenvalue weighted by Gasteiger charge is 2.15. The molecule has 1 N–H and O–H groups in total. The normalized spacial score (nSPS) is 10.0. The minimum absolute atomic E-state index is 0.238. The van der Waals surface area contributed by atoms with Crippen LogP contribution in [-0.4, -0.2) is 25.6 Å². The maximum absolute atomic E-state index is 13.6. The van der Waals surface area contributed by atoms with Crippen molar-refractivity contribution in [3.8, 4) is 5.75 Å². The molecule has 5 nitrogen and oxygen atoms in total. The van der Waals surface area contributed by atoms with E-state index in [4.69, 9.17) is 9.47 Å². The van der Waals surface area contributed by atoms with Gasteiger partial charge in [-0.3, -0.25) is 4.79 Å². The van der Waals surface area contributed by atoms with E-state index < -0.39 is 24.3 Å². The molecule has 0 aliphatic carbocycles. The zero-order valence-corrected chi connectivity index (χ0v) is 13.7. The molecule has 0 aromatic heterocycles. The van der Waals surface area contributed by atoms with Gasteiger partial charge in [-0.15, -0.1) is 0 Å². The van der Waals surface area contributed by atoms with E-state index in [0.29, 0.717) is 15.9 Å². The summed E-state index contributed by atoms with van der Waals surface area (Å²) in [7, 11) is 1.47. The maximum Gasteiger partial charge on any atom is 0.341 e. The van der Waals surface area contributed by atoms with E-state index >= 15 is 0 Å². The van der Waals surface area contributed by atoms with E-state index in [-0.39, 0.29) is 5.56 Å². The van der Waals surface area contributed by atoms with Crippen LogP contribution in [0.1, 0.15) is 10.4 Å². The average Bonchev–Trinajstić information content (AvgIpc) is 2.53. The Balaban J connectivity index is 1.95. The van der Waals surface area contributed by atoms with E-state index in [9.17, 15) is 14.0 Å². The number of hydrogen-bond donors (Lipinski definition) is 1. The summed E-state index contributed by atoms with van der Waals surface area (Å²) in [4.78, 5) is 23.6. The van der Waals surface area contributed by atoms with Crippen LogP contribution < -0.4 is 10.1 Å². The zero-order chi connectivity index (χ0) is 16.8. The van der Waals surface area contributed by atoms with E-state index in [1.165, 1.54) is 19.2 Å². The minimum atomic E-state index is -0.912. The smallest absolute Gasteiger partial charge is 0.341 e. The number of amides is 1. The van der Waals surface area contributed by atoms with Gasteiger partial charge < -0.3 is 14.8 Å². The summed E-state index contributed by atoms with van der Waals surface area (Å²) in [6, 6.07) is 10.7. The second-order valence-corrected chi connectivity index (χ2v) is 5.36. The van der Waals surface area contributed by atoms with Crippen molar-refractivity contribution in [1.29, 1.82) is 0 Å². The first-order valence-corrected chi connectivity index (χ1v) is 7.35. The van der Waals surface area contributed by atoms with Crippen molar-refractivity contribution in [1.82, 2.24) is 0 Å². The van der Waals surface area contributed by atoms with Crippen molar-refractivity contribution in [2.24, 2.45) is 0 Å². The number of esters is 1. The molecule has 2 aromatic carbocycles. The fourth-order valence-corrected chi connectivity index (χ4v) is 2.13. The second-order valence-electron chi connectivity index (χ2n) is 4.45. The Hall–Kier alpha value is -2.41. The number of rotatable bonds is 5. The van der Waals surface area contributed by atoms with Crippen LogP contribution in [0.3, 0.4) is 0 Å². The molecular formula is C16H13BrFNO4. The SMILES string of the molecule is COc1ccccc1NC(=O)COC(=O)c1ccc(Br)cc1F. The third-order valence-corrected chi connectivity index (χ3v) is 3.36. The van der Waals surface area contributed by atoms with Crippen molar-refractivity contribution in [3.63, 3.8) is 0 Å². The van der Waals surface area contributed by atoms with Crippen LogP contribution in [0, 0.1) is 5.82 Å². The first-order chi connectivity index (χ1) is 11.0. The Morgan fingerprint density at radius 2 is 1.96 bits per heavy atom. The first kappa shape index (κ1) is 17.0. The summed E-state index contributed by atoms with van der Waals surface area (Å²) in [6.07, 6.45) is 0. The van der Waals surface area contributed by atoms with Crippen molar-refractivity contribution in [2.75, 3.05) is 19.0 Å². The molecule has 1 amide bonds. The lowest BCUT2D eigenvalue weighted by Gasteiger charge is -2.10. The monoisotopic (exact) mass is 381 g/mol. The number of hydrogen-bond acceptors (Lipinski definition) is 4. The van der Waals surface area contributed by atoms with Crippen LogP contribution in [0.25, 0.3) is 0 Å². The number of nitrogens with one attached hydrogen (secondary N) is 1. The molecule has 2 rings (SSSR count). The lowest BCUT2D eigenvalue weighted by Crippen LogP contribution is -2.21. The quantitative estimate of drug-likeness (QED) is 0.806. The molecule has 0 spiro atoms. The van der Waals surface area contributed by atoms with E-state index in [2.05, 4.69) is 21.2 Å². The lowest BCUT2D eigenvalue weighted by molar-refractivity contribution is -0.119. The van der Waals surface area contributed by atoms with E-state index in [1.807, 2.05) is 0 Å². The van der Waals surface area contributed by atoms with Crippen LogP contribution in [-0.2, 0) is 9.53 Å². The molecule has 7 heteroatoms. The van der Waals surface area contributed by atoms with Crippen molar-refractivity contribution < 1.29 is 23.5 Å². The summed E-state index contributed by atoms with van der Waals surface area (Å²) < 4.78 is 24.0. The molecular weight excluding hydrogens is 369 g/mol. The van der Waals surface area contributed by atoms with Gasteiger partial charge in [-0.25, -0.2) is 9.18 Å². The van der Waals surface area contributed by atoms with Gasteiger partial charge in [-0.1, -0.05) is 28.1 Å². The minimum Gasteiger partial charge on any atom is -0.495 e. The zero-order valence-electron chi connectivity index (χ0n) is 12.1. The van der Waals surface area contributed by atoms with Crippen molar-refractivity contribution in [3.05, 3.63) is 58.3 Å². The van der Waals surface area contributed by atoms with Crippen molar-refractivity contribution in [2.45, 2.75) is 0 Å². The number of methoxy groups -OCH3 is 1. The number of carbonyl (C=O) groups excluding carboxylic acids is 2. The number of benzene rings is 2. The predicted octanol–water partition coefficient (Wildman–Crippen LogP) is 3.39. The van der Waals surface area contributed by atoms with E-state index in [1.54, 1.807) is 24.3 Å². The molecule has 0 aliphatic rings. The molecule has 0 unspecified atom stereocenters. The first-order valence-electron chi connectivity index (χ1n) is 6.56. The molecule has 0 fully saturated rings. The van der Waals surface area contributed by atoms with Gasteiger partial charge in [0.1, 0.15) is 11.6 Å². The van der Waals surface area contributed by atoms with Crippen LogP contribution in [0.4, 0.5) is 10.1 Å². The largest absolute Gasteiger partial charge is 0.495 e. The molecule has 0 aliphatic heterocycles. The van der Waals surface area contributed by atoms with Gasteiger partial charge in [0.25, 0.3) is 5.91 Å². The number of carbonyl (C=O) groups is 2. The molecule has 0 heterocycles. The number of halogens is 2. The Morgan fingerprint density at radius 1 is 1.22 bits per heavy atom. The molecule has 2 aromatic rings. The number of anilines is 1. The van der Waals surface area contributed by atoms with Gasteiger partial charge in [0.05, 0.1) is 18.4 Å². The third-order valence-electron chi connectivity index (χ3n) is 2.87. The molecule has 0 atom stereocenters. The fourth-order valence-electron chi connectivity index (χ4n) is 1.80. The third kappa shape index (κ3) is 4.53. The lowest BCUT2D eigenvalue weighted by atomic mass is 10.2. The molecule has 0 radical (unpaired) electrons. The van der Waals surface area contributed by atoms with Crippen LogP contribution >= 0.6 is 15.9 Å². The summed E-state index contributed by atoms with van der Waals surface area (Å²) in [5, 5.41) is 2.55. The highest BCUT2D eigenvalue weighted by molar-refractivity contribution is 9.10. The molecule has 120 valence electrons. The van der Waals surface area contributed by atoms with E-state index in [0.717, 1.165) is 6.07 Å². The Morgan fingerprint density at radius 3 is 2.65 bits per heavy atom. The second kappa shape index (κ2) is 7.73. The van der Waals surface area contributed by atoms with Gasteiger partial charge in [0.15, 0.2) is 6.61 Å². The highest BCUT2D eigenvalue weighted by atomic mass is 79.9. The van der Waals surface area contributed by atoms with Gasteiger partial charge in [0, 0.05) is 4.47 Å². The number of para-hydroxylation sites is 2. The fraction of sp³-hybridized carbons (Fsp3) is 0.125. The number of ether oxygens (including phenoxy) is 2. The van der Waals surface area contributed by atoms with Gasteiger partial charge in [-0.2, -0.15) is 0 Å². The molecule has 0 bridgehead atoms. The van der Waals surface area contributed by atoms with Gasteiger partial charge >= 0.3 is 5.97 Å². The highest BCUT2D eigenvalue weighted by Crippen LogP contribution is 2.22. The van der Waals surface area contributed by atoms with Crippen LogP contribution in [0.15, 0.2) is 46.9 Å². The Labute approximate surface area is 140 Å². The summed E-state index contributed by atoms with van der Waals surface area (Å²) in [5.74, 6) is -1.72. The molecule has 23 heavy (non-hydrogen) atoms. The van der Waals surface area contributed by atoms with Crippen LogP contribution in [0.5, 0.6) is 5.75 Å². The topological polar surface area (TPSA) is 64.6 Å². The van der Waals surface area contributed by atoms with Gasteiger partial charge in [0.2, 0.25) is 0 Å². The molecule has 0 saturated carbocycles. The summed E-state index contributed by atoms with van der Waals surface area (Å²) >= 11 is 3.09. The average molecular weight is 382 g/mol. The molecule has 0 saturated heterocycles. The summed E-state index contributed by atoms with van der Waals surface area (Å²) in [5.41, 5.74) is 0.212. The van der Waals surface area contributed by atoms with Gasteiger partial charge in [-0.05, 0) is 30.3 Å². The van der Waals surface area contributed by atoms with Crippen molar-refractivity contribution >= 4 is 33.5 Å². The predicted molar refractivity (Wildman–Crippen MR) is 86.0 cm³/mol. The maximum atomic E-state index is 13.6. The Kier molecular flexibility index (Phi) is 5.70. The summed E-state index contributed by atoms with van der Waals surface area (Å²) in [6.45, 7) is -0.535. The Bertz CT molecular complexity index is 736. The standard InChI is InChI=1S/C16H13BrFNO4/c1-22-14-5-3-2-4-13(14)19-15(20)9-23-16(21)11-7-6-10(17)8-12(11)18/h2-8H,9H2,1H3,(H,19,20). The van der Waals surface area contributed by atoms with Crippen LogP contribution in [0.2, 0.25) is 0 Å².